The lowest BCUT2D eigenvalue weighted by atomic mass is 10.2. The normalized spacial score (nSPS) is 11.0. The summed E-state index contributed by atoms with van der Waals surface area (Å²) in [5, 5.41) is 0.698. The molecule has 0 fully saturated rings. The van der Waals surface area contributed by atoms with Gasteiger partial charge in [0, 0.05) is 4.88 Å². The maximum Gasteiger partial charge on any atom is 0.262 e. The summed E-state index contributed by atoms with van der Waals surface area (Å²) in [6, 6.07) is 9.80. The van der Waals surface area contributed by atoms with Gasteiger partial charge in [0.1, 0.15) is 23.0 Å². The topological polar surface area (TPSA) is 44.1 Å². The number of aromatic nitrogens is 2. The second kappa shape index (κ2) is 5.93. The number of nitrogens with zero attached hydrogens (tertiary/aromatic N) is 2. The van der Waals surface area contributed by atoms with Gasteiger partial charge < -0.3 is 4.74 Å². The van der Waals surface area contributed by atoms with Crippen molar-refractivity contribution in [2.24, 2.45) is 0 Å². The maximum absolute atomic E-state index is 12.5. The third-order valence-electron chi connectivity index (χ3n) is 3.57. The predicted molar refractivity (Wildman–Crippen MR) is 90.0 cm³/mol. The molecule has 0 aliphatic carbocycles. The molecule has 22 heavy (non-hydrogen) atoms. The summed E-state index contributed by atoms with van der Waals surface area (Å²) in [7, 11) is 0. The molecule has 0 saturated carbocycles. The molecule has 0 unspecified atom stereocenters. The Morgan fingerprint density at radius 3 is 2.64 bits per heavy atom. The number of hydrogen-bond acceptors (Lipinski definition) is 4. The van der Waals surface area contributed by atoms with Crippen LogP contribution in [0, 0.1) is 20.8 Å². The van der Waals surface area contributed by atoms with Crippen LogP contribution in [0.2, 0.25) is 0 Å². The maximum atomic E-state index is 12.5. The zero-order valence-electron chi connectivity index (χ0n) is 12.9. The molecule has 3 aromatic rings. The average Bonchev–Trinajstić information content (AvgIpc) is 2.85. The van der Waals surface area contributed by atoms with Crippen molar-refractivity contribution in [3.05, 3.63) is 57.0 Å². The number of fused-ring (bicyclic) bond motifs is 1. The molecule has 4 nitrogen and oxygen atoms in total. The van der Waals surface area contributed by atoms with E-state index in [0.717, 1.165) is 21.3 Å². The minimum absolute atomic E-state index is 0.0133. The monoisotopic (exact) mass is 314 g/mol. The molecule has 0 aliphatic heterocycles. The molecule has 0 bridgehead atoms. The molecule has 0 radical (unpaired) electrons. The van der Waals surface area contributed by atoms with E-state index in [-0.39, 0.29) is 5.56 Å². The molecule has 0 aliphatic rings. The van der Waals surface area contributed by atoms with Crippen molar-refractivity contribution in [1.29, 1.82) is 0 Å². The SMILES string of the molecule is Cc1ccc(OCCn2c(C)nc3sc(C)cc3c2=O)cc1. The molecule has 114 valence electrons. The first kappa shape index (κ1) is 14.8. The molecule has 5 heteroatoms. The molecule has 0 amide bonds. The van der Waals surface area contributed by atoms with E-state index in [2.05, 4.69) is 4.98 Å². The Labute approximate surface area is 133 Å². The van der Waals surface area contributed by atoms with Crippen LogP contribution in [0.3, 0.4) is 0 Å². The molecule has 3 rings (SSSR count). The van der Waals surface area contributed by atoms with E-state index in [1.165, 1.54) is 5.56 Å². The first-order valence-electron chi connectivity index (χ1n) is 7.21. The van der Waals surface area contributed by atoms with Gasteiger partial charge in [-0.2, -0.15) is 0 Å². The summed E-state index contributed by atoms with van der Waals surface area (Å²) in [5.74, 6) is 1.54. The molecule has 2 heterocycles. The summed E-state index contributed by atoms with van der Waals surface area (Å²) in [6.07, 6.45) is 0. The van der Waals surface area contributed by atoms with Gasteiger partial charge in [-0.05, 0) is 39.0 Å². The Balaban J connectivity index is 1.79. The van der Waals surface area contributed by atoms with Gasteiger partial charge in [-0.3, -0.25) is 9.36 Å². The van der Waals surface area contributed by atoms with Crippen molar-refractivity contribution in [2.45, 2.75) is 27.3 Å². The van der Waals surface area contributed by atoms with Gasteiger partial charge in [0.05, 0.1) is 11.9 Å². The highest BCUT2D eigenvalue weighted by Gasteiger charge is 2.10. The van der Waals surface area contributed by atoms with Gasteiger partial charge in [0.15, 0.2) is 0 Å². The van der Waals surface area contributed by atoms with E-state index in [1.807, 2.05) is 51.1 Å². The lowest BCUT2D eigenvalue weighted by molar-refractivity contribution is 0.294. The van der Waals surface area contributed by atoms with E-state index >= 15 is 0 Å². The van der Waals surface area contributed by atoms with Crippen LogP contribution in [-0.2, 0) is 6.54 Å². The van der Waals surface area contributed by atoms with Crippen molar-refractivity contribution < 1.29 is 4.74 Å². The molecular formula is C17H18N2O2S. The fourth-order valence-corrected chi connectivity index (χ4v) is 3.31. The largest absolute Gasteiger partial charge is 0.492 e. The predicted octanol–water partition coefficient (Wildman–Crippen LogP) is 3.46. The highest BCUT2D eigenvalue weighted by molar-refractivity contribution is 7.18. The van der Waals surface area contributed by atoms with E-state index in [0.29, 0.717) is 18.5 Å². The molecule has 0 atom stereocenters. The Kier molecular flexibility index (Phi) is 3.98. The molecule has 0 spiro atoms. The molecular weight excluding hydrogens is 296 g/mol. The quantitative estimate of drug-likeness (QED) is 0.741. The Morgan fingerprint density at radius 1 is 1.18 bits per heavy atom. The fraction of sp³-hybridized carbons (Fsp3) is 0.294. The number of ether oxygens (including phenoxy) is 1. The Morgan fingerprint density at radius 2 is 1.91 bits per heavy atom. The lowest BCUT2D eigenvalue weighted by Crippen LogP contribution is -2.26. The second-order valence-corrected chi connectivity index (χ2v) is 6.59. The van der Waals surface area contributed by atoms with E-state index in [4.69, 9.17) is 4.74 Å². The number of thiophene rings is 1. The van der Waals surface area contributed by atoms with Crippen LogP contribution in [-0.4, -0.2) is 16.2 Å². The van der Waals surface area contributed by atoms with Crippen molar-refractivity contribution in [1.82, 2.24) is 9.55 Å². The third-order valence-corrected chi connectivity index (χ3v) is 4.51. The molecule has 0 N–H and O–H groups in total. The Bertz CT molecular complexity index is 863. The van der Waals surface area contributed by atoms with Crippen LogP contribution in [0.5, 0.6) is 5.75 Å². The Hall–Kier alpha value is -2.14. The number of aryl methyl sites for hydroxylation is 3. The van der Waals surface area contributed by atoms with Gasteiger partial charge in [-0.1, -0.05) is 17.7 Å². The van der Waals surface area contributed by atoms with E-state index in [9.17, 15) is 4.79 Å². The highest BCUT2D eigenvalue weighted by atomic mass is 32.1. The van der Waals surface area contributed by atoms with Gasteiger partial charge in [0.25, 0.3) is 5.56 Å². The van der Waals surface area contributed by atoms with Crippen LogP contribution in [0.4, 0.5) is 0 Å². The smallest absolute Gasteiger partial charge is 0.262 e. The van der Waals surface area contributed by atoms with Crippen molar-refractivity contribution in [2.75, 3.05) is 6.61 Å². The van der Waals surface area contributed by atoms with Crippen LogP contribution < -0.4 is 10.3 Å². The molecule has 1 aromatic carbocycles. The standard InChI is InChI=1S/C17H18N2O2S/c1-11-4-6-14(7-5-11)21-9-8-19-13(3)18-16-15(17(19)20)10-12(2)22-16/h4-7,10H,8-9H2,1-3H3. The van der Waals surface area contributed by atoms with Gasteiger partial charge in [-0.15, -0.1) is 11.3 Å². The first-order valence-corrected chi connectivity index (χ1v) is 8.03. The fourth-order valence-electron chi connectivity index (χ4n) is 2.39. The van der Waals surface area contributed by atoms with E-state index in [1.54, 1.807) is 15.9 Å². The first-order chi connectivity index (χ1) is 10.5. The van der Waals surface area contributed by atoms with Crippen molar-refractivity contribution >= 4 is 21.6 Å². The van der Waals surface area contributed by atoms with Gasteiger partial charge in [-0.25, -0.2) is 4.98 Å². The van der Waals surface area contributed by atoms with Crippen LogP contribution in [0.25, 0.3) is 10.2 Å². The van der Waals surface area contributed by atoms with E-state index < -0.39 is 0 Å². The number of hydrogen-bond donors (Lipinski definition) is 0. The number of benzene rings is 1. The second-order valence-electron chi connectivity index (χ2n) is 5.35. The minimum Gasteiger partial charge on any atom is -0.492 e. The van der Waals surface area contributed by atoms with Crippen molar-refractivity contribution in [3.8, 4) is 5.75 Å². The summed E-state index contributed by atoms with van der Waals surface area (Å²) < 4.78 is 7.39. The summed E-state index contributed by atoms with van der Waals surface area (Å²) in [5.41, 5.74) is 1.21. The van der Waals surface area contributed by atoms with Crippen LogP contribution >= 0.6 is 11.3 Å². The minimum atomic E-state index is 0.0133. The van der Waals surface area contributed by atoms with Gasteiger partial charge >= 0.3 is 0 Å². The zero-order valence-corrected chi connectivity index (χ0v) is 13.7. The average molecular weight is 314 g/mol. The highest BCUT2D eigenvalue weighted by Crippen LogP contribution is 2.20. The summed E-state index contributed by atoms with van der Waals surface area (Å²) in [6.45, 7) is 6.83. The third kappa shape index (κ3) is 2.90. The zero-order chi connectivity index (χ0) is 15.7. The van der Waals surface area contributed by atoms with Crippen LogP contribution in [0.15, 0.2) is 35.1 Å². The lowest BCUT2D eigenvalue weighted by Gasteiger charge is -2.11. The summed E-state index contributed by atoms with van der Waals surface area (Å²) in [4.78, 5) is 19.0. The molecule has 2 aromatic heterocycles. The van der Waals surface area contributed by atoms with Crippen molar-refractivity contribution in [3.63, 3.8) is 0 Å². The molecule has 0 saturated heterocycles. The van der Waals surface area contributed by atoms with Gasteiger partial charge in [0.2, 0.25) is 0 Å². The summed E-state index contributed by atoms with van der Waals surface area (Å²) >= 11 is 1.56. The number of rotatable bonds is 4. The van der Waals surface area contributed by atoms with Crippen LogP contribution in [0.1, 0.15) is 16.3 Å².